The van der Waals surface area contributed by atoms with Crippen molar-refractivity contribution in [3.63, 3.8) is 0 Å². The van der Waals surface area contributed by atoms with Gasteiger partial charge in [-0.2, -0.15) is 15.0 Å². The topological polar surface area (TPSA) is 92.2 Å². The molecule has 1 rings (SSSR count). The van der Waals surface area contributed by atoms with Gasteiger partial charge in [0, 0.05) is 19.7 Å². The van der Waals surface area contributed by atoms with Gasteiger partial charge < -0.3 is 20.5 Å². The van der Waals surface area contributed by atoms with Crippen LogP contribution in [0.2, 0.25) is 0 Å². The third-order valence-corrected chi connectivity index (χ3v) is 2.41. The summed E-state index contributed by atoms with van der Waals surface area (Å²) >= 11 is 0. The van der Waals surface area contributed by atoms with E-state index in [1.54, 1.807) is 0 Å². The van der Waals surface area contributed by atoms with E-state index in [0.717, 1.165) is 32.4 Å². The fourth-order valence-electron chi connectivity index (χ4n) is 1.55. The number of aromatic nitrogens is 3. The fraction of sp³-hybridized carbons (Fsp3) is 0.769. The molecule has 114 valence electrons. The predicted molar refractivity (Wildman–Crippen MR) is 79.2 cm³/mol. The predicted octanol–water partition coefficient (Wildman–Crippen LogP) is 1.67. The maximum Gasteiger partial charge on any atom is 0.323 e. The Hall–Kier alpha value is -1.63. The summed E-state index contributed by atoms with van der Waals surface area (Å²) in [4.78, 5) is 12.7. The zero-order valence-electron chi connectivity index (χ0n) is 12.5. The second-order valence-electron chi connectivity index (χ2n) is 4.67. The van der Waals surface area contributed by atoms with E-state index in [1.807, 2.05) is 20.8 Å². The van der Waals surface area contributed by atoms with E-state index in [4.69, 9.17) is 9.84 Å². The maximum absolute atomic E-state index is 8.72. The lowest BCUT2D eigenvalue weighted by Crippen LogP contribution is -2.14. The number of hydrogen-bond acceptors (Lipinski definition) is 7. The first-order chi connectivity index (χ1) is 9.65. The summed E-state index contributed by atoms with van der Waals surface area (Å²) < 4.78 is 5.51. The first kappa shape index (κ1) is 16.4. The summed E-state index contributed by atoms with van der Waals surface area (Å²) in [5, 5.41) is 14.9. The molecule has 1 aromatic rings. The SMILES string of the molecule is CCNc1nc(NCCCCCO)nc(OC(C)C)n1. The molecule has 0 bridgehead atoms. The van der Waals surface area contributed by atoms with Crippen LogP contribution in [0, 0.1) is 0 Å². The Kier molecular flexibility index (Phi) is 7.64. The molecular formula is C13H25N5O2. The third kappa shape index (κ3) is 6.51. The number of nitrogens with zero attached hydrogens (tertiary/aromatic N) is 3. The monoisotopic (exact) mass is 283 g/mol. The second kappa shape index (κ2) is 9.30. The normalized spacial score (nSPS) is 10.7. The van der Waals surface area contributed by atoms with E-state index in [0.29, 0.717) is 17.9 Å². The Morgan fingerprint density at radius 3 is 2.35 bits per heavy atom. The van der Waals surface area contributed by atoms with E-state index < -0.39 is 0 Å². The molecule has 7 nitrogen and oxygen atoms in total. The smallest absolute Gasteiger partial charge is 0.323 e. The van der Waals surface area contributed by atoms with Crippen molar-refractivity contribution in [2.24, 2.45) is 0 Å². The molecule has 0 spiro atoms. The molecule has 0 amide bonds. The number of unbranched alkanes of at least 4 members (excludes halogenated alkanes) is 2. The summed E-state index contributed by atoms with van der Waals surface area (Å²) in [6.45, 7) is 7.58. The largest absolute Gasteiger partial charge is 0.461 e. The molecule has 0 fully saturated rings. The first-order valence-corrected chi connectivity index (χ1v) is 7.17. The van der Waals surface area contributed by atoms with Gasteiger partial charge in [-0.3, -0.25) is 0 Å². The lowest BCUT2D eigenvalue weighted by Gasteiger charge is -2.11. The molecule has 1 aromatic heterocycles. The summed E-state index contributed by atoms with van der Waals surface area (Å²) in [5.41, 5.74) is 0. The van der Waals surface area contributed by atoms with Gasteiger partial charge in [0.1, 0.15) is 0 Å². The van der Waals surface area contributed by atoms with Crippen molar-refractivity contribution in [1.82, 2.24) is 15.0 Å². The number of ether oxygens (including phenoxy) is 1. The van der Waals surface area contributed by atoms with Crippen molar-refractivity contribution in [2.75, 3.05) is 30.3 Å². The van der Waals surface area contributed by atoms with Crippen LogP contribution in [0.3, 0.4) is 0 Å². The average Bonchev–Trinajstić information content (AvgIpc) is 2.38. The Morgan fingerprint density at radius 1 is 1.05 bits per heavy atom. The minimum absolute atomic E-state index is 0.0179. The maximum atomic E-state index is 8.72. The molecule has 0 aliphatic heterocycles. The molecule has 20 heavy (non-hydrogen) atoms. The van der Waals surface area contributed by atoms with Crippen LogP contribution < -0.4 is 15.4 Å². The van der Waals surface area contributed by atoms with Crippen molar-refractivity contribution < 1.29 is 9.84 Å². The van der Waals surface area contributed by atoms with Crippen molar-refractivity contribution >= 4 is 11.9 Å². The van der Waals surface area contributed by atoms with Gasteiger partial charge in [0.05, 0.1) is 6.10 Å². The van der Waals surface area contributed by atoms with Gasteiger partial charge in [0.15, 0.2) is 0 Å². The zero-order chi connectivity index (χ0) is 14.8. The van der Waals surface area contributed by atoms with Crippen LogP contribution in [0.25, 0.3) is 0 Å². The number of nitrogens with one attached hydrogen (secondary N) is 2. The highest BCUT2D eigenvalue weighted by molar-refractivity contribution is 5.35. The third-order valence-electron chi connectivity index (χ3n) is 2.41. The van der Waals surface area contributed by atoms with E-state index in [9.17, 15) is 0 Å². The molecule has 0 radical (unpaired) electrons. The quantitative estimate of drug-likeness (QED) is 0.562. The first-order valence-electron chi connectivity index (χ1n) is 7.17. The van der Waals surface area contributed by atoms with Crippen molar-refractivity contribution in [1.29, 1.82) is 0 Å². The molecule has 0 aliphatic rings. The number of hydrogen-bond donors (Lipinski definition) is 3. The highest BCUT2D eigenvalue weighted by atomic mass is 16.5. The number of aliphatic hydroxyl groups excluding tert-OH is 1. The molecule has 0 unspecified atom stereocenters. The van der Waals surface area contributed by atoms with E-state index in [2.05, 4.69) is 25.6 Å². The molecule has 0 saturated heterocycles. The van der Waals surface area contributed by atoms with Gasteiger partial charge >= 0.3 is 6.01 Å². The summed E-state index contributed by atoms with van der Waals surface area (Å²) in [6, 6.07) is 0.323. The molecule has 0 atom stereocenters. The van der Waals surface area contributed by atoms with E-state index >= 15 is 0 Å². The minimum atomic E-state index is 0.0179. The molecule has 0 aliphatic carbocycles. The molecule has 0 saturated carbocycles. The van der Waals surface area contributed by atoms with Crippen molar-refractivity contribution in [3.05, 3.63) is 0 Å². The summed E-state index contributed by atoms with van der Waals surface area (Å²) in [7, 11) is 0. The van der Waals surface area contributed by atoms with Gasteiger partial charge in [0.2, 0.25) is 11.9 Å². The van der Waals surface area contributed by atoms with Gasteiger partial charge in [-0.05, 0) is 40.0 Å². The van der Waals surface area contributed by atoms with Crippen LogP contribution in [0.5, 0.6) is 6.01 Å². The van der Waals surface area contributed by atoms with Crippen LogP contribution in [-0.4, -0.2) is 45.9 Å². The molecule has 0 aromatic carbocycles. The Bertz CT molecular complexity index is 387. The zero-order valence-corrected chi connectivity index (χ0v) is 12.5. The highest BCUT2D eigenvalue weighted by Crippen LogP contribution is 2.12. The van der Waals surface area contributed by atoms with E-state index in [-0.39, 0.29) is 12.7 Å². The Balaban J connectivity index is 2.60. The van der Waals surface area contributed by atoms with Crippen LogP contribution in [0.4, 0.5) is 11.9 Å². The number of aliphatic hydroxyl groups is 1. The number of anilines is 2. The van der Waals surface area contributed by atoms with Gasteiger partial charge in [-0.15, -0.1) is 0 Å². The molecular weight excluding hydrogens is 258 g/mol. The lowest BCUT2D eigenvalue weighted by atomic mass is 10.2. The highest BCUT2D eigenvalue weighted by Gasteiger charge is 2.08. The van der Waals surface area contributed by atoms with Gasteiger partial charge in [-0.25, -0.2) is 0 Å². The van der Waals surface area contributed by atoms with Crippen LogP contribution in [0.15, 0.2) is 0 Å². The fourth-order valence-corrected chi connectivity index (χ4v) is 1.55. The summed E-state index contributed by atoms with van der Waals surface area (Å²) in [5.74, 6) is 1.02. The second-order valence-corrected chi connectivity index (χ2v) is 4.67. The van der Waals surface area contributed by atoms with Gasteiger partial charge in [-0.1, -0.05) is 0 Å². The van der Waals surface area contributed by atoms with Crippen molar-refractivity contribution in [2.45, 2.75) is 46.1 Å². The Morgan fingerprint density at radius 2 is 1.75 bits per heavy atom. The number of rotatable bonds is 10. The van der Waals surface area contributed by atoms with Crippen LogP contribution in [-0.2, 0) is 0 Å². The molecule has 7 heteroatoms. The van der Waals surface area contributed by atoms with Crippen LogP contribution in [0.1, 0.15) is 40.0 Å². The molecule has 3 N–H and O–H groups in total. The average molecular weight is 283 g/mol. The minimum Gasteiger partial charge on any atom is -0.461 e. The summed E-state index contributed by atoms with van der Waals surface area (Å²) in [6.07, 6.45) is 2.78. The van der Waals surface area contributed by atoms with E-state index in [1.165, 1.54) is 0 Å². The Labute approximate surface area is 120 Å². The molecule has 1 heterocycles. The van der Waals surface area contributed by atoms with Crippen molar-refractivity contribution in [3.8, 4) is 6.01 Å². The lowest BCUT2D eigenvalue weighted by molar-refractivity contribution is 0.222. The van der Waals surface area contributed by atoms with Gasteiger partial charge in [0.25, 0.3) is 0 Å². The standard InChI is InChI=1S/C13H25N5O2/c1-4-14-11-16-12(15-8-6-5-7-9-19)18-13(17-11)20-10(2)3/h10,19H,4-9H2,1-3H3,(H2,14,15,16,17,18). The van der Waals surface area contributed by atoms with Crippen LogP contribution >= 0.6 is 0 Å².